The first-order valence-corrected chi connectivity index (χ1v) is 8.74. The molecular formula is C21H31NO. The molecule has 1 heterocycles. The maximum atomic E-state index is 10.8. The molecule has 2 unspecified atom stereocenters. The van der Waals surface area contributed by atoms with Gasteiger partial charge in [0.05, 0.1) is 5.70 Å². The zero-order valence-electron chi connectivity index (χ0n) is 14.9. The van der Waals surface area contributed by atoms with Crippen molar-refractivity contribution in [3.8, 4) is 0 Å². The fourth-order valence-corrected chi connectivity index (χ4v) is 3.23. The molecule has 3 rings (SSSR count). The first kappa shape index (κ1) is 17.6. The Bertz CT molecular complexity index is 629. The predicted molar refractivity (Wildman–Crippen MR) is 98.6 cm³/mol. The van der Waals surface area contributed by atoms with Crippen molar-refractivity contribution in [2.24, 2.45) is 5.92 Å². The third-order valence-corrected chi connectivity index (χ3v) is 4.98. The third-order valence-electron chi connectivity index (χ3n) is 4.98. The number of carbonyl (C=O) groups excluding carboxylic acids is 1. The second kappa shape index (κ2) is 7.66. The maximum Gasteiger partial charge on any atom is 0.224 e. The van der Waals surface area contributed by atoms with Crippen molar-refractivity contribution < 1.29 is 6.22 Å². The Labute approximate surface area is 142 Å². The summed E-state index contributed by atoms with van der Waals surface area (Å²) in [6.07, 6.45) is 4.18. The van der Waals surface area contributed by atoms with Crippen LogP contribution < -0.4 is 5.32 Å². The minimum atomic E-state index is 0. The van der Waals surface area contributed by atoms with Crippen molar-refractivity contribution in [1.29, 1.82) is 0 Å². The highest BCUT2D eigenvalue weighted by molar-refractivity contribution is 5.78. The van der Waals surface area contributed by atoms with Crippen molar-refractivity contribution >= 4 is 5.91 Å². The van der Waals surface area contributed by atoms with Crippen molar-refractivity contribution in [3.63, 3.8) is 0 Å². The summed E-state index contributed by atoms with van der Waals surface area (Å²) >= 11 is 0. The second-order valence-corrected chi connectivity index (χ2v) is 7.13. The number of allylic oxidation sites excluding steroid dienone is 1. The van der Waals surface area contributed by atoms with Gasteiger partial charge in [0.25, 0.3) is 0 Å². The van der Waals surface area contributed by atoms with Crippen molar-refractivity contribution in [2.75, 3.05) is 0 Å². The monoisotopic (exact) mass is 313 g/mol. The van der Waals surface area contributed by atoms with E-state index in [0.717, 1.165) is 18.0 Å². The molecule has 1 amide bonds. The summed E-state index contributed by atoms with van der Waals surface area (Å²) in [7, 11) is 0. The number of aryl methyl sites for hydroxylation is 1. The van der Waals surface area contributed by atoms with E-state index in [1.54, 1.807) is 11.1 Å². The summed E-state index contributed by atoms with van der Waals surface area (Å²) in [4.78, 5) is 10.8. The lowest BCUT2D eigenvalue weighted by Crippen LogP contribution is -2.31. The lowest BCUT2D eigenvalue weighted by Gasteiger charge is -2.19. The summed E-state index contributed by atoms with van der Waals surface area (Å²) in [5.74, 6) is 1.95. The summed E-state index contributed by atoms with van der Waals surface area (Å²) in [6, 6.07) is 7.04. The number of benzene rings is 1. The SMILES string of the molecule is C=C=C1NC(=O)CCC1C.CC(C)c1ccc2c(c1)C(C)CC2.[HH]. The van der Waals surface area contributed by atoms with E-state index in [-0.39, 0.29) is 7.33 Å². The van der Waals surface area contributed by atoms with Gasteiger partial charge >= 0.3 is 0 Å². The third kappa shape index (κ3) is 4.36. The van der Waals surface area contributed by atoms with Gasteiger partial charge in [0.1, 0.15) is 0 Å². The number of carbonyl (C=O) groups is 1. The molecule has 0 spiro atoms. The van der Waals surface area contributed by atoms with Gasteiger partial charge in [-0.25, -0.2) is 0 Å². The molecule has 0 radical (unpaired) electrons. The Kier molecular flexibility index (Phi) is 5.85. The highest BCUT2D eigenvalue weighted by atomic mass is 16.1. The van der Waals surface area contributed by atoms with E-state index in [2.05, 4.69) is 63.5 Å². The van der Waals surface area contributed by atoms with E-state index >= 15 is 0 Å². The topological polar surface area (TPSA) is 29.1 Å². The van der Waals surface area contributed by atoms with Gasteiger partial charge in [0.15, 0.2) is 0 Å². The van der Waals surface area contributed by atoms with Crippen LogP contribution in [0, 0.1) is 5.92 Å². The summed E-state index contributed by atoms with van der Waals surface area (Å²) in [6.45, 7) is 12.4. The molecule has 2 heteroatoms. The van der Waals surface area contributed by atoms with E-state index in [0.29, 0.717) is 18.3 Å². The standard InChI is InChI=1S/C13H18.C8H11NO.H2/c1-9(2)12-7-6-11-5-4-10(3)13(11)8-12;1-3-7-6(2)4-5-8(10)9-7;/h6-10H,4-5H2,1-3H3;6H,1,4-5H2,2H3,(H,9,10);1H. The van der Waals surface area contributed by atoms with Gasteiger partial charge in [0, 0.05) is 13.8 Å². The molecule has 1 aromatic carbocycles. The van der Waals surface area contributed by atoms with Gasteiger partial charge in [-0.2, -0.15) is 0 Å². The van der Waals surface area contributed by atoms with E-state index in [9.17, 15) is 4.79 Å². The Hall–Kier alpha value is -1.79. The van der Waals surface area contributed by atoms with Crippen LogP contribution >= 0.6 is 0 Å². The highest BCUT2D eigenvalue weighted by Crippen LogP contribution is 2.34. The molecule has 1 aliphatic carbocycles. The van der Waals surface area contributed by atoms with Gasteiger partial charge in [-0.1, -0.05) is 52.5 Å². The molecule has 1 aliphatic heterocycles. The molecule has 23 heavy (non-hydrogen) atoms. The number of nitrogens with one attached hydrogen (secondary N) is 1. The van der Waals surface area contributed by atoms with Crippen LogP contribution in [0.1, 0.15) is 76.9 Å². The van der Waals surface area contributed by atoms with Crippen LogP contribution in [0.15, 0.2) is 36.2 Å². The van der Waals surface area contributed by atoms with E-state index in [1.165, 1.54) is 18.4 Å². The largest absolute Gasteiger partial charge is 0.323 e. The molecule has 2 atom stereocenters. The normalized spacial score (nSPS) is 22.8. The molecule has 2 aliphatic rings. The molecular weight excluding hydrogens is 282 g/mol. The molecule has 1 N–H and O–H groups in total. The van der Waals surface area contributed by atoms with Gasteiger partial charge in [-0.3, -0.25) is 4.79 Å². The predicted octanol–water partition coefficient (Wildman–Crippen LogP) is 5.31. The molecule has 0 bridgehead atoms. The molecule has 1 saturated heterocycles. The quantitative estimate of drug-likeness (QED) is 0.700. The van der Waals surface area contributed by atoms with Crippen LogP contribution in [0.2, 0.25) is 0 Å². The first-order valence-electron chi connectivity index (χ1n) is 8.74. The number of hydrogen-bond donors (Lipinski definition) is 1. The molecule has 0 aromatic heterocycles. The van der Waals surface area contributed by atoms with Crippen molar-refractivity contribution in [3.05, 3.63) is 52.9 Å². The lowest BCUT2D eigenvalue weighted by molar-refractivity contribution is -0.121. The van der Waals surface area contributed by atoms with Crippen LogP contribution in [0.5, 0.6) is 0 Å². The lowest BCUT2D eigenvalue weighted by atomic mass is 9.96. The molecule has 1 aromatic rings. The molecule has 126 valence electrons. The highest BCUT2D eigenvalue weighted by Gasteiger charge is 2.19. The van der Waals surface area contributed by atoms with Crippen molar-refractivity contribution in [1.82, 2.24) is 5.32 Å². The Morgan fingerprint density at radius 2 is 1.91 bits per heavy atom. The van der Waals surface area contributed by atoms with Crippen LogP contribution in [0.4, 0.5) is 0 Å². The number of fused-ring (bicyclic) bond motifs is 1. The van der Waals surface area contributed by atoms with Crippen LogP contribution in [0.25, 0.3) is 0 Å². The van der Waals surface area contributed by atoms with Gasteiger partial charge in [-0.15, -0.1) is 5.73 Å². The fourth-order valence-electron chi connectivity index (χ4n) is 3.23. The number of hydrogen-bond acceptors (Lipinski definition) is 1. The Morgan fingerprint density at radius 3 is 2.52 bits per heavy atom. The van der Waals surface area contributed by atoms with Crippen LogP contribution in [-0.2, 0) is 11.2 Å². The average Bonchev–Trinajstić information content (AvgIpc) is 2.91. The zero-order chi connectivity index (χ0) is 17.0. The minimum Gasteiger partial charge on any atom is -0.323 e. The summed E-state index contributed by atoms with van der Waals surface area (Å²) in [5, 5.41) is 2.72. The Morgan fingerprint density at radius 1 is 1.22 bits per heavy atom. The molecule has 0 saturated carbocycles. The van der Waals surface area contributed by atoms with Gasteiger partial charge < -0.3 is 5.32 Å². The number of piperidine rings is 1. The summed E-state index contributed by atoms with van der Waals surface area (Å²) < 4.78 is 0. The summed E-state index contributed by atoms with van der Waals surface area (Å²) in [5.41, 5.74) is 8.24. The maximum absolute atomic E-state index is 10.8. The van der Waals surface area contributed by atoms with Crippen molar-refractivity contribution in [2.45, 2.75) is 65.2 Å². The zero-order valence-corrected chi connectivity index (χ0v) is 14.9. The molecule has 2 nitrogen and oxygen atoms in total. The van der Waals surface area contributed by atoms with Crippen LogP contribution in [0.3, 0.4) is 0 Å². The van der Waals surface area contributed by atoms with E-state index < -0.39 is 0 Å². The van der Waals surface area contributed by atoms with Gasteiger partial charge in [0.2, 0.25) is 5.91 Å². The minimum absolute atomic E-state index is 0. The number of rotatable bonds is 1. The van der Waals surface area contributed by atoms with Crippen LogP contribution in [-0.4, -0.2) is 5.91 Å². The smallest absolute Gasteiger partial charge is 0.224 e. The first-order chi connectivity index (χ1) is 10.9. The Balaban J connectivity index is 0.000000238. The molecule has 1 fully saturated rings. The average molecular weight is 313 g/mol. The van der Waals surface area contributed by atoms with Gasteiger partial charge in [-0.05, 0) is 47.8 Å². The fraction of sp³-hybridized carbons (Fsp3) is 0.524. The number of amides is 1. The second-order valence-electron chi connectivity index (χ2n) is 7.13. The van der Waals surface area contributed by atoms with E-state index in [1.807, 2.05) is 0 Å². The van der Waals surface area contributed by atoms with E-state index in [4.69, 9.17) is 0 Å².